The van der Waals surface area contributed by atoms with E-state index in [2.05, 4.69) is 12.1 Å². The fourth-order valence-corrected chi connectivity index (χ4v) is 1.64. The molecule has 1 aromatic carbocycles. The summed E-state index contributed by atoms with van der Waals surface area (Å²) < 4.78 is 5.06. The van der Waals surface area contributed by atoms with Crippen molar-refractivity contribution in [3.8, 4) is 0 Å². The van der Waals surface area contributed by atoms with Crippen LogP contribution in [0.1, 0.15) is 31.7 Å². The summed E-state index contributed by atoms with van der Waals surface area (Å²) in [6.45, 7) is 1.93. The molecule has 0 aliphatic rings. The molecule has 88 valence electrons. The van der Waals surface area contributed by atoms with Crippen molar-refractivity contribution in [2.45, 2.75) is 38.7 Å². The van der Waals surface area contributed by atoms with Gasteiger partial charge in [0.1, 0.15) is 5.78 Å². The van der Waals surface area contributed by atoms with Crippen LogP contribution < -0.4 is 0 Å². The van der Waals surface area contributed by atoms with Gasteiger partial charge in [0.25, 0.3) is 0 Å². The molecule has 16 heavy (non-hydrogen) atoms. The third-order valence-electron chi connectivity index (χ3n) is 2.68. The van der Waals surface area contributed by atoms with Gasteiger partial charge in [0.2, 0.25) is 0 Å². The number of hydrogen-bond acceptors (Lipinski definition) is 2. The quantitative estimate of drug-likeness (QED) is 0.706. The Morgan fingerprint density at radius 3 is 2.62 bits per heavy atom. The number of carbonyl (C=O) groups is 1. The van der Waals surface area contributed by atoms with Crippen LogP contribution in [0, 0.1) is 0 Å². The number of methoxy groups -OCH3 is 1. The van der Waals surface area contributed by atoms with E-state index in [-0.39, 0.29) is 6.10 Å². The van der Waals surface area contributed by atoms with E-state index in [0.29, 0.717) is 18.6 Å². The zero-order chi connectivity index (χ0) is 11.8. The number of benzene rings is 1. The monoisotopic (exact) mass is 220 g/mol. The van der Waals surface area contributed by atoms with Crippen LogP contribution in [0.3, 0.4) is 0 Å². The molecule has 0 aromatic heterocycles. The molecule has 0 fully saturated rings. The zero-order valence-corrected chi connectivity index (χ0v) is 10.1. The van der Waals surface area contributed by atoms with E-state index >= 15 is 0 Å². The average molecular weight is 220 g/mol. The van der Waals surface area contributed by atoms with Crippen LogP contribution in [0.4, 0.5) is 0 Å². The summed E-state index contributed by atoms with van der Waals surface area (Å²) >= 11 is 0. The van der Waals surface area contributed by atoms with E-state index in [1.54, 1.807) is 7.11 Å². The SMILES string of the molecule is COC(C)CC(=O)CCCc1ccccc1. The molecule has 1 aromatic rings. The summed E-state index contributed by atoms with van der Waals surface area (Å²) in [7, 11) is 1.64. The van der Waals surface area contributed by atoms with Gasteiger partial charge in [-0.2, -0.15) is 0 Å². The van der Waals surface area contributed by atoms with E-state index in [1.165, 1.54) is 5.56 Å². The minimum atomic E-state index is 0.0456. The van der Waals surface area contributed by atoms with Crippen LogP contribution in [0.2, 0.25) is 0 Å². The Hall–Kier alpha value is -1.15. The van der Waals surface area contributed by atoms with E-state index < -0.39 is 0 Å². The lowest BCUT2D eigenvalue weighted by atomic mass is 10.0. The van der Waals surface area contributed by atoms with Crippen molar-refractivity contribution in [1.29, 1.82) is 0 Å². The third kappa shape index (κ3) is 5.08. The predicted molar refractivity (Wildman–Crippen MR) is 65.5 cm³/mol. The summed E-state index contributed by atoms with van der Waals surface area (Å²) in [5.74, 6) is 0.297. The van der Waals surface area contributed by atoms with Crippen LogP contribution in [0.25, 0.3) is 0 Å². The van der Waals surface area contributed by atoms with Crippen molar-refractivity contribution in [3.63, 3.8) is 0 Å². The minimum Gasteiger partial charge on any atom is -0.381 e. The molecule has 0 N–H and O–H groups in total. The number of ether oxygens (including phenoxy) is 1. The van der Waals surface area contributed by atoms with Gasteiger partial charge < -0.3 is 4.74 Å². The average Bonchev–Trinajstić information content (AvgIpc) is 2.30. The highest BCUT2D eigenvalue weighted by atomic mass is 16.5. The number of ketones is 1. The fourth-order valence-electron chi connectivity index (χ4n) is 1.64. The molecular weight excluding hydrogens is 200 g/mol. The van der Waals surface area contributed by atoms with E-state index in [1.807, 2.05) is 25.1 Å². The summed E-state index contributed by atoms with van der Waals surface area (Å²) in [6.07, 6.45) is 3.14. The van der Waals surface area contributed by atoms with Crippen molar-refractivity contribution in [2.75, 3.05) is 7.11 Å². The Morgan fingerprint density at radius 1 is 1.31 bits per heavy atom. The van der Waals surface area contributed by atoms with Crippen molar-refractivity contribution in [1.82, 2.24) is 0 Å². The van der Waals surface area contributed by atoms with Crippen LogP contribution in [-0.2, 0) is 16.0 Å². The second-order valence-corrected chi connectivity index (χ2v) is 4.13. The zero-order valence-electron chi connectivity index (χ0n) is 10.1. The van der Waals surface area contributed by atoms with Gasteiger partial charge in [-0.3, -0.25) is 4.79 Å². The van der Waals surface area contributed by atoms with Crippen LogP contribution in [0.15, 0.2) is 30.3 Å². The van der Waals surface area contributed by atoms with Gasteiger partial charge in [-0.15, -0.1) is 0 Å². The van der Waals surface area contributed by atoms with Gasteiger partial charge in [0, 0.05) is 20.0 Å². The molecule has 1 rings (SSSR count). The molecule has 0 aliphatic carbocycles. The maximum absolute atomic E-state index is 11.5. The molecule has 0 saturated heterocycles. The van der Waals surface area contributed by atoms with E-state index in [0.717, 1.165) is 12.8 Å². The number of rotatable bonds is 7. The molecule has 0 bridgehead atoms. The first-order valence-corrected chi connectivity index (χ1v) is 5.81. The Morgan fingerprint density at radius 2 is 2.00 bits per heavy atom. The van der Waals surface area contributed by atoms with Crippen molar-refractivity contribution in [3.05, 3.63) is 35.9 Å². The van der Waals surface area contributed by atoms with E-state index in [9.17, 15) is 4.79 Å². The Balaban J connectivity index is 2.18. The highest BCUT2D eigenvalue weighted by Gasteiger charge is 2.07. The second kappa shape index (κ2) is 7.18. The van der Waals surface area contributed by atoms with Crippen LogP contribution in [0.5, 0.6) is 0 Å². The molecule has 0 amide bonds. The fraction of sp³-hybridized carbons (Fsp3) is 0.500. The molecule has 0 spiro atoms. The topological polar surface area (TPSA) is 26.3 Å². The molecule has 2 nitrogen and oxygen atoms in total. The lowest BCUT2D eigenvalue weighted by molar-refractivity contribution is -0.121. The van der Waals surface area contributed by atoms with Gasteiger partial charge in [-0.1, -0.05) is 30.3 Å². The van der Waals surface area contributed by atoms with Gasteiger partial charge in [0.15, 0.2) is 0 Å². The molecule has 1 unspecified atom stereocenters. The van der Waals surface area contributed by atoms with Crippen molar-refractivity contribution in [2.24, 2.45) is 0 Å². The normalized spacial score (nSPS) is 12.4. The van der Waals surface area contributed by atoms with Crippen molar-refractivity contribution >= 4 is 5.78 Å². The molecule has 0 radical (unpaired) electrons. The highest BCUT2D eigenvalue weighted by Crippen LogP contribution is 2.07. The highest BCUT2D eigenvalue weighted by molar-refractivity contribution is 5.78. The number of carbonyl (C=O) groups excluding carboxylic acids is 1. The second-order valence-electron chi connectivity index (χ2n) is 4.13. The van der Waals surface area contributed by atoms with Gasteiger partial charge in [-0.05, 0) is 25.3 Å². The molecule has 1 atom stereocenters. The van der Waals surface area contributed by atoms with Crippen molar-refractivity contribution < 1.29 is 9.53 Å². The van der Waals surface area contributed by atoms with Crippen LogP contribution >= 0.6 is 0 Å². The molecule has 0 aliphatic heterocycles. The number of hydrogen-bond donors (Lipinski definition) is 0. The summed E-state index contributed by atoms with van der Waals surface area (Å²) in [4.78, 5) is 11.5. The van der Waals surface area contributed by atoms with Crippen LogP contribution in [-0.4, -0.2) is 19.0 Å². The standard InChI is InChI=1S/C14H20O2/c1-12(16-2)11-14(15)10-6-9-13-7-4-3-5-8-13/h3-5,7-8,12H,6,9-11H2,1-2H3. The largest absolute Gasteiger partial charge is 0.381 e. The van der Waals surface area contributed by atoms with Gasteiger partial charge >= 0.3 is 0 Å². The number of aryl methyl sites for hydroxylation is 1. The number of Topliss-reactive ketones (excluding diaryl/α,β-unsaturated/α-hetero) is 1. The smallest absolute Gasteiger partial charge is 0.135 e. The minimum absolute atomic E-state index is 0.0456. The maximum atomic E-state index is 11.5. The molecular formula is C14H20O2. The molecule has 0 saturated carbocycles. The predicted octanol–water partition coefficient (Wildman–Crippen LogP) is 3.00. The Bertz CT molecular complexity index is 306. The Labute approximate surface area is 97.6 Å². The first-order valence-electron chi connectivity index (χ1n) is 5.81. The summed E-state index contributed by atoms with van der Waals surface area (Å²) in [5, 5.41) is 0. The summed E-state index contributed by atoms with van der Waals surface area (Å²) in [5.41, 5.74) is 1.30. The third-order valence-corrected chi connectivity index (χ3v) is 2.68. The maximum Gasteiger partial charge on any atom is 0.135 e. The first-order chi connectivity index (χ1) is 7.72. The van der Waals surface area contributed by atoms with Gasteiger partial charge in [0.05, 0.1) is 6.10 Å². The molecule has 2 heteroatoms. The lowest BCUT2D eigenvalue weighted by Gasteiger charge is -2.07. The lowest BCUT2D eigenvalue weighted by Crippen LogP contribution is -2.12. The summed E-state index contributed by atoms with van der Waals surface area (Å²) in [6, 6.07) is 10.3. The molecule has 0 heterocycles. The Kier molecular flexibility index (Phi) is 5.79. The first kappa shape index (κ1) is 12.9. The van der Waals surface area contributed by atoms with E-state index in [4.69, 9.17) is 4.74 Å². The van der Waals surface area contributed by atoms with Gasteiger partial charge in [-0.25, -0.2) is 0 Å².